The zero-order chi connectivity index (χ0) is 9.97. The van der Waals surface area contributed by atoms with Gasteiger partial charge in [-0.05, 0) is 27.2 Å². The molecule has 2 aromatic heterocycles. The highest BCUT2D eigenvalue weighted by Crippen LogP contribution is 2.18. The molecule has 2 aromatic rings. The number of nitrogens with zero attached hydrogens (tertiary/aromatic N) is 3. The maximum absolute atomic E-state index is 11.5. The molecule has 0 unspecified atom stereocenters. The van der Waals surface area contributed by atoms with Crippen LogP contribution in [0.1, 0.15) is 10.4 Å². The van der Waals surface area contributed by atoms with E-state index in [9.17, 15) is 4.79 Å². The molecule has 0 bridgehead atoms. The second-order valence-electron chi connectivity index (χ2n) is 2.23. The van der Waals surface area contributed by atoms with E-state index in [0.29, 0.717) is 15.4 Å². The summed E-state index contributed by atoms with van der Waals surface area (Å²) in [5.74, 6) is -0.316. The second kappa shape index (κ2) is 3.84. The largest absolute Gasteiger partial charge is 0.457 e. The second-order valence-corrected chi connectivity index (χ2v) is 3.68. The lowest BCUT2D eigenvalue weighted by Gasteiger charge is -1.96. The Morgan fingerprint density at radius 2 is 2.50 bits per heavy atom. The van der Waals surface area contributed by atoms with Crippen molar-refractivity contribution in [1.29, 1.82) is 0 Å². The van der Waals surface area contributed by atoms with Gasteiger partial charge in [0.05, 0.1) is 11.8 Å². The number of aromatic nitrogens is 3. The minimum Gasteiger partial charge on any atom is -0.457 e. The van der Waals surface area contributed by atoms with Crippen molar-refractivity contribution in [3.05, 3.63) is 22.6 Å². The van der Waals surface area contributed by atoms with Gasteiger partial charge in [-0.15, -0.1) is 0 Å². The fourth-order valence-electron chi connectivity index (χ4n) is 0.802. The summed E-state index contributed by atoms with van der Waals surface area (Å²) < 4.78 is 8.80. The van der Waals surface area contributed by atoms with Crippen LogP contribution in [0.4, 0.5) is 5.13 Å². The molecule has 2 rings (SSSR count). The Morgan fingerprint density at radius 3 is 3.07 bits per heavy atom. The number of anilines is 1. The molecule has 0 aliphatic rings. The third kappa shape index (κ3) is 1.80. The number of hydrogen-bond donors (Lipinski definition) is 1. The minimum atomic E-state index is -0.316. The molecule has 0 fully saturated rings. The number of furan rings is 1. The SMILES string of the molecule is O=C(Nc1nnns1)c1ccoc1Br. The van der Waals surface area contributed by atoms with Crippen LogP contribution in [0.3, 0.4) is 0 Å². The number of carbonyl (C=O) groups is 1. The fourth-order valence-corrected chi connectivity index (χ4v) is 1.58. The molecule has 0 aliphatic carbocycles. The van der Waals surface area contributed by atoms with Crippen molar-refractivity contribution in [1.82, 2.24) is 14.8 Å². The van der Waals surface area contributed by atoms with Crippen molar-refractivity contribution in [2.75, 3.05) is 5.32 Å². The Hall–Kier alpha value is -1.28. The summed E-state index contributed by atoms with van der Waals surface area (Å²) in [5.41, 5.74) is 0.403. The molecule has 14 heavy (non-hydrogen) atoms. The third-order valence-electron chi connectivity index (χ3n) is 1.38. The zero-order valence-electron chi connectivity index (χ0n) is 6.60. The van der Waals surface area contributed by atoms with Crippen molar-refractivity contribution < 1.29 is 9.21 Å². The Morgan fingerprint density at radius 1 is 1.64 bits per heavy atom. The molecule has 8 heteroatoms. The predicted molar refractivity (Wildman–Crippen MR) is 52.1 cm³/mol. The zero-order valence-corrected chi connectivity index (χ0v) is 9.00. The van der Waals surface area contributed by atoms with Crippen LogP contribution in [0, 0.1) is 0 Å². The van der Waals surface area contributed by atoms with E-state index in [2.05, 4.69) is 36.0 Å². The standard InChI is InChI=1S/C6H3BrN4O2S/c7-4-3(1-2-13-4)5(12)8-6-9-10-11-14-6/h1-2H,(H,8,9,11,12). The van der Waals surface area contributed by atoms with Crippen molar-refractivity contribution in [2.24, 2.45) is 0 Å². The van der Waals surface area contributed by atoms with Crippen LogP contribution in [-0.4, -0.2) is 20.7 Å². The van der Waals surface area contributed by atoms with E-state index in [0.717, 1.165) is 11.5 Å². The number of nitrogens with one attached hydrogen (secondary N) is 1. The van der Waals surface area contributed by atoms with Gasteiger partial charge in [-0.3, -0.25) is 10.1 Å². The molecule has 2 heterocycles. The van der Waals surface area contributed by atoms with Crippen LogP contribution in [0.2, 0.25) is 0 Å². The van der Waals surface area contributed by atoms with Crippen molar-refractivity contribution >= 4 is 38.5 Å². The van der Waals surface area contributed by atoms with Gasteiger partial charge in [0.25, 0.3) is 5.91 Å². The smallest absolute Gasteiger partial charge is 0.262 e. The van der Waals surface area contributed by atoms with Gasteiger partial charge in [-0.1, -0.05) is 9.59 Å². The highest BCUT2D eigenvalue weighted by atomic mass is 79.9. The van der Waals surface area contributed by atoms with Crippen LogP contribution < -0.4 is 5.32 Å². The summed E-state index contributed by atoms with van der Waals surface area (Å²) in [7, 11) is 0. The minimum absolute atomic E-state index is 0.316. The normalized spacial score (nSPS) is 10.1. The number of hydrogen-bond acceptors (Lipinski definition) is 6. The molecule has 72 valence electrons. The highest BCUT2D eigenvalue weighted by molar-refractivity contribution is 9.10. The maximum atomic E-state index is 11.5. The average Bonchev–Trinajstić information content (AvgIpc) is 2.75. The van der Waals surface area contributed by atoms with Gasteiger partial charge in [0.2, 0.25) is 5.13 Å². The maximum Gasteiger partial charge on any atom is 0.262 e. The van der Waals surface area contributed by atoms with Gasteiger partial charge in [0.15, 0.2) is 4.67 Å². The Kier molecular flexibility index (Phi) is 2.55. The summed E-state index contributed by atoms with van der Waals surface area (Å²) in [6, 6.07) is 1.55. The van der Waals surface area contributed by atoms with Gasteiger partial charge in [-0.2, -0.15) is 0 Å². The first-order valence-electron chi connectivity index (χ1n) is 3.47. The summed E-state index contributed by atoms with van der Waals surface area (Å²) in [6.45, 7) is 0. The average molecular weight is 275 g/mol. The molecule has 0 saturated heterocycles. The lowest BCUT2D eigenvalue weighted by Crippen LogP contribution is -2.11. The summed E-state index contributed by atoms with van der Waals surface area (Å²) >= 11 is 4.10. The third-order valence-corrected chi connectivity index (χ3v) is 2.51. The number of amides is 1. The number of rotatable bonds is 2. The molecular formula is C6H3BrN4O2S. The summed E-state index contributed by atoms with van der Waals surface area (Å²) in [4.78, 5) is 11.5. The van der Waals surface area contributed by atoms with Crippen molar-refractivity contribution in [3.63, 3.8) is 0 Å². The van der Waals surface area contributed by atoms with Crippen LogP contribution in [0.15, 0.2) is 21.4 Å². The van der Waals surface area contributed by atoms with E-state index in [-0.39, 0.29) is 5.91 Å². The van der Waals surface area contributed by atoms with E-state index < -0.39 is 0 Å². The van der Waals surface area contributed by atoms with Crippen LogP contribution in [-0.2, 0) is 0 Å². The molecule has 6 nitrogen and oxygen atoms in total. The van der Waals surface area contributed by atoms with Gasteiger partial charge in [-0.25, -0.2) is 0 Å². The predicted octanol–water partition coefficient (Wildman–Crippen LogP) is 1.54. The number of carbonyl (C=O) groups excluding carboxylic acids is 1. The van der Waals surface area contributed by atoms with E-state index in [4.69, 9.17) is 4.42 Å². The van der Waals surface area contributed by atoms with Crippen LogP contribution in [0.5, 0.6) is 0 Å². The van der Waals surface area contributed by atoms with Gasteiger partial charge in [0.1, 0.15) is 0 Å². The highest BCUT2D eigenvalue weighted by Gasteiger charge is 2.13. The lowest BCUT2D eigenvalue weighted by molar-refractivity contribution is 0.102. The fraction of sp³-hybridized carbons (Fsp3) is 0. The molecular weight excluding hydrogens is 272 g/mol. The van der Waals surface area contributed by atoms with E-state index in [1.54, 1.807) is 6.07 Å². The Labute approximate surface area is 90.6 Å². The molecule has 0 aliphatic heterocycles. The molecule has 0 atom stereocenters. The molecule has 0 spiro atoms. The molecule has 0 aromatic carbocycles. The van der Waals surface area contributed by atoms with Crippen LogP contribution in [0.25, 0.3) is 0 Å². The topological polar surface area (TPSA) is 80.9 Å². The number of halogens is 1. The molecule has 1 amide bonds. The molecule has 0 radical (unpaired) electrons. The van der Waals surface area contributed by atoms with Gasteiger partial charge in [0, 0.05) is 11.5 Å². The van der Waals surface area contributed by atoms with E-state index in [1.807, 2.05) is 0 Å². The first kappa shape index (κ1) is 9.28. The summed E-state index contributed by atoms with van der Waals surface area (Å²) in [5, 5.41) is 9.79. The van der Waals surface area contributed by atoms with E-state index >= 15 is 0 Å². The van der Waals surface area contributed by atoms with Crippen molar-refractivity contribution in [2.45, 2.75) is 0 Å². The lowest BCUT2D eigenvalue weighted by atomic mass is 10.3. The van der Waals surface area contributed by atoms with Crippen molar-refractivity contribution in [3.8, 4) is 0 Å². The molecule has 1 N–H and O–H groups in total. The quantitative estimate of drug-likeness (QED) is 0.899. The monoisotopic (exact) mass is 274 g/mol. The summed E-state index contributed by atoms with van der Waals surface area (Å²) in [6.07, 6.45) is 1.41. The Bertz CT molecular complexity index is 440. The first-order valence-corrected chi connectivity index (χ1v) is 5.03. The Balaban J connectivity index is 2.14. The van der Waals surface area contributed by atoms with Crippen LogP contribution >= 0.6 is 27.5 Å². The van der Waals surface area contributed by atoms with Gasteiger partial charge < -0.3 is 4.42 Å². The van der Waals surface area contributed by atoms with Gasteiger partial charge >= 0.3 is 0 Å². The van der Waals surface area contributed by atoms with E-state index in [1.165, 1.54) is 6.26 Å². The molecule has 0 saturated carbocycles. The first-order chi connectivity index (χ1) is 6.77.